The van der Waals surface area contributed by atoms with E-state index in [0.717, 1.165) is 33.9 Å². The van der Waals surface area contributed by atoms with Crippen LogP contribution < -0.4 is 5.32 Å². The van der Waals surface area contributed by atoms with E-state index in [4.69, 9.17) is 5.10 Å². The molecule has 5 aromatic rings. The van der Waals surface area contributed by atoms with Crippen LogP contribution in [0, 0.1) is 6.92 Å². The number of carbonyl (C=O) groups excluding carboxylic acids is 1. The van der Waals surface area contributed by atoms with Crippen molar-refractivity contribution in [1.82, 2.24) is 29.9 Å². The molecule has 0 saturated carbocycles. The van der Waals surface area contributed by atoms with Crippen molar-refractivity contribution in [1.29, 1.82) is 0 Å². The predicted molar refractivity (Wildman–Crippen MR) is 131 cm³/mol. The molecule has 34 heavy (non-hydrogen) atoms. The molecular formula is C26H21N7O. The van der Waals surface area contributed by atoms with Crippen molar-refractivity contribution >= 4 is 17.7 Å². The zero-order valence-electron chi connectivity index (χ0n) is 18.4. The number of pyridine rings is 1. The first-order chi connectivity index (χ1) is 16.7. The molecule has 2 aromatic carbocycles. The second kappa shape index (κ2) is 9.33. The second-order valence-corrected chi connectivity index (χ2v) is 7.60. The first-order valence-corrected chi connectivity index (χ1v) is 10.7. The third-order valence-electron chi connectivity index (χ3n) is 5.10. The Morgan fingerprint density at radius 2 is 1.88 bits per heavy atom. The van der Waals surface area contributed by atoms with E-state index in [-0.39, 0.29) is 5.91 Å². The molecule has 0 fully saturated rings. The lowest BCUT2D eigenvalue weighted by Crippen LogP contribution is -2.07. The van der Waals surface area contributed by atoms with Gasteiger partial charge in [-0.2, -0.15) is 10.2 Å². The number of benzene rings is 2. The Morgan fingerprint density at radius 3 is 2.65 bits per heavy atom. The largest absolute Gasteiger partial charge is 0.322 e. The van der Waals surface area contributed by atoms with Gasteiger partial charge >= 0.3 is 0 Å². The summed E-state index contributed by atoms with van der Waals surface area (Å²) in [4.78, 5) is 21.2. The summed E-state index contributed by atoms with van der Waals surface area (Å²) in [5.74, 6) is 1.05. The number of carbonyl (C=O) groups is 1. The molecule has 0 bridgehead atoms. The number of aromatic nitrogens is 6. The third-order valence-corrected chi connectivity index (χ3v) is 5.10. The fourth-order valence-electron chi connectivity index (χ4n) is 3.51. The van der Waals surface area contributed by atoms with Gasteiger partial charge in [0.15, 0.2) is 5.82 Å². The highest BCUT2D eigenvalue weighted by molar-refractivity contribution is 6.02. The smallest absolute Gasteiger partial charge is 0.248 e. The van der Waals surface area contributed by atoms with Crippen molar-refractivity contribution in [2.75, 3.05) is 5.32 Å². The minimum absolute atomic E-state index is 0.257. The molecule has 0 aliphatic rings. The number of amides is 1. The standard InChI is InChI=1S/C26H21N7O/c1-18-28-26(31-30-18)19-7-5-9-22(15-19)29-24(34)13-12-21-17-33(23-10-3-2-4-11-23)32-25(21)20-8-6-14-27-16-20/h2-17H,1H3,(H,29,34)(H,28,30,31)/b13-12+. The first-order valence-electron chi connectivity index (χ1n) is 10.7. The van der Waals surface area contributed by atoms with Gasteiger partial charge in [0.25, 0.3) is 0 Å². The van der Waals surface area contributed by atoms with Crippen LogP contribution in [0.15, 0.2) is 91.4 Å². The van der Waals surface area contributed by atoms with Gasteiger partial charge in [0.05, 0.1) is 5.69 Å². The molecule has 1 amide bonds. The average molecular weight is 448 g/mol. The van der Waals surface area contributed by atoms with E-state index in [1.165, 1.54) is 6.08 Å². The number of para-hydroxylation sites is 1. The number of hydrogen-bond donors (Lipinski definition) is 2. The monoisotopic (exact) mass is 447 g/mol. The Hall–Kier alpha value is -4.85. The Kier molecular flexibility index (Phi) is 5.77. The van der Waals surface area contributed by atoms with Gasteiger partial charge in [-0.05, 0) is 49.4 Å². The molecule has 0 unspecified atom stereocenters. The van der Waals surface area contributed by atoms with E-state index in [9.17, 15) is 4.79 Å². The maximum Gasteiger partial charge on any atom is 0.248 e. The number of H-pyrrole nitrogens is 1. The highest BCUT2D eigenvalue weighted by Gasteiger charge is 2.11. The molecule has 8 nitrogen and oxygen atoms in total. The molecule has 0 saturated heterocycles. The number of nitrogens with zero attached hydrogens (tertiary/aromatic N) is 5. The van der Waals surface area contributed by atoms with E-state index in [2.05, 4.69) is 25.5 Å². The van der Waals surface area contributed by atoms with Gasteiger partial charge in [-0.15, -0.1) is 0 Å². The highest BCUT2D eigenvalue weighted by Crippen LogP contribution is 2.24. The van der Waals surface area contributed by atoms with Crippen LogP contribution in [0.3, 0.4) is 0 Å². The molecule has 0 atom stereocenters. The van der Waals surface area contributed by atoms with E-state index in [1.807, 2.05) is 79.9 Å². The molecule has 0 radical (unpaired) electrons. The number of nitrogens with one attached hydrogen (secondary N) is 2. The number of rotatable bonds is 6. The molecule has 166 valence electrons. The van der Waals surface area contributed by atoms with E-state index >= 15 is 0 Å². The topological polar surface area (TPSA) is 101 Å². The zero-order chi connectivity index (χ0) is 23.3. The number of aryl methyl sites for hydroxylation is 1. The average Bonchev–Trinajstić information content (AvgIpc) is 3.51. The number of aromatic amines is 1. The SMILES string of the molecule is Cc1nc(-c2cccc(NC(=O)/C=C/c3cn(-c4ccccc4)nc3-c3cccnc3)c2)n[nH]1. The molecule has 8 heteroatoms. The Balaban J connectivity index is 1.39. The van der Waals surface area contributed by atoms with Crippen LogP contribution in [0.1, 0.15) is 11.4 Å². The van der Waals surface area contributed by atoms with Gasteiger partial charge in [-0.3, -0.25) is 14.9 Å². The summed E-state index contributed by atoms with van der Waals surface area (Å²) in [6, 6.07) is 21.0. The Morgan fingerprint density at radius 1 is 1.03 bits per heavy atom. The van der Waals surface area contributed by atoms with Gasteiger partial charge in [0, 0.05) is 47.0 Å². The quantitative estimate of drug-likeness (QED) is 0.368. The third kappa shape index (κ3) is 4.66. The highest BCUT2D eigenvalue weighted by atomic mass is 16.1. The van der Waals surface area contributed by atoms with Crippen molar-refractivity contribution in [3.8, 4) is 28.3 Å². The maximum absolute atomic E-state index is 12.7. The Bertz CT molecular complexity index is 1450. The van der Waals surface area contributed by atoms with Crippen LogP contribution in [0.25, 0.3) is 34.4 Å². The van der Waals surface area contributed by atoms with Gasteiger partial charge in [-0.1, -0.05) is 30.3 Å². The molecule has 0 spiro atoms. The van der Waals surface area contributed by atoms with Gasteiger partial charge in [0.2, 0.25) is 5.91 Å². The minimum Gasteiger partial charge on any atom is -0.322 e. The summed E-state index contributed by atoms with van der Waals surface area (Å²) in [6.45, 7) is 1.84. The Labute approximate surface area is 196 Å². The molecule has 3 aromatic heterocycles. The van der Waals surface area contributed by atoms with Crippen LogP contribution in [-0.2, 0) is 4.79 Å². The molecule has 0 aliphatic heterocycles. The predicted octanol–water partition coefficient (Wildman–Crippen LogP) is 4.68. The van der Waals surface area contributed by atoms with Crippen molar-refractivity contribution in [3.63, 3.8) is 0 Å². The summed E-state index contributed by atoms with van der Waals surface area (Å²) in [5, 5.41) is 14.6. The molecule has 5 rings (SSSR count). The van der Waals surface area contributed by atoms with Gasteiger partial charge < -0.3 is 5.32 Å². The lowest BCUT2D eigenvalue weighted by atomic mass is 10.1. The summed E-state index contributed by atoms with van der Waals surface area (Å²) in [7, 11) is 0. The van der Waals surface area contributed by atoms with Crippen LogP contribution in [-0.4, -0.2) is 35.9 Å². The molecule has 3 heterocycles. The summed E-state index contributed by atoms with van der Waals surface area (Å²) in [6.07, 6.45) is 8.62. The van der Waals surface area contributed by atoms with E-state index in [0.29, 0.717) is 11.5 Å². The zero-order valence-corrected chi connectivity index (χ0v) is 18.4. The summed E-state index contributed by atoms with van der Waals surface area (Å²) >= 11 is 0. The number of anilines is 1. The van der Waals surface area contributed by atoms with Crippen molar-refractivity contribution in [2.45, 2.75) is 6.92 Å². The summed E-state index contributed by atoms with van der Waals surface area (Å²) < 4.78 is 1.79. The van der Waals surface area contributed by atoms with Crippen molar-refractivity contribution in [2.24, 2.45) is 0 Å². The number of hydrogen-bond acceptors (Lipinski definition) is 5. The summed E-state index contributed by atoms with van der Waals surface area (Å²) in [5.41, 5.74) is 4.80. The first kappa shape index (κ1) is 21.0. The molecule has 2 N–H and O–H groups in total. The van der Waals surface area contributed by atoms with Crippen LogP contribution in [0.2, 0.25) is 0 Å². The fourth-order valence-corrected chi connectivity index (χ4v) is 3.51. The van der Waals surface area contributed by atoms with Crippen LogP contribution in [0.5, 0.6) is 0 Å². The van der Waals surface area contributed by atoms with Crippen molar-refractivity contribution in [3.05, 3.63) is 103 Å². The van der Waals surface area contributed by atoms with Crippen molar-refractivity contribution < 1.29 is 4.79 Å². The molecule has 0 aliphatic carbocycles. The van der Waals surface area contributed by atoms with Crippen LogP contribution in [0.4, 0.5) is 5.69 Å². The van der Waals surface area contributed by atoms with Gasteiger partial charge in [-0.25, -0.2) is 9.67 Å². The van der Waals surface area contributed by atoms with E-state index in [1.54, 1.807) is 23.2 Å². The second-order valence-electron chi connectivity index (χ2n) is 7.60. The lowest BCUT2D eigenvalue weighted by Gasteiger charge is -2.03. The van der Waals surface area contributed by atoms with E-state index < -0.39 is 0 Å². The maximum atomic E-state index is 12.7. The molecular weight excluding hydrogens is 426 g/mol. The normalized spacial score (nSPS) is 11.1. The van der Waals surface area contributed by atoms with Gasteiger partial charge in [0.1, 0.15) is 11.5 Å². The lowest BCUT2D eigenvalue weighted by molar-refractivity contribution is -0.111. The van der Waals surface area contributed by atoms with Crippen LogP contribution >= 0.6 is 0 Å². The minimum atomic E-state index is -0.257. The fraction of sp³-hybridized carbons (Fsp3) is 0.0385.